The fourth-order valence-electron chi connectivity index (χ4n) is 3.72. The first-order valence-corrected chi connectivity index (χ1v) is 8.90. The van der Waals surface area contributed by atoms with E-state index in [1.54, 1.807) is 12.3 Å². The summed E-state index contributed by atoms with van der Waals surface area (Å²) in [5.74, 6) is -0.350. The van der Waals surface area contributed by atoms with E-state index >= 15 is 0 Å². The van der Waals surface area contributed by atoms with Crippen LogP contribution in [-0.2, 0) is 22.0 Å². The quantitative estimate of drug-likeness (QED) is 0.755. The van der Waals surface area contributed by atoms with Gasteiger partial charge in [-0.2, -0.15) is 0 Å². The van der Waals surface area contributed by atoms with Gasteiger partial charge in [0, 0.05) is 18.3 Å². The van der Waals surface area contributed by atoms with Crippen LogP contribution in [0.3, 0.4) is 0 Å². The van der Waals surface area contributed by atoms with Crippen LogP contribution >= 0.6 is 0 Å². The Bertz CT molecular complexity index is 788. The number of rotatable bonds is 3. The number of carbonyl (C=O) groups is 1. The first-order valence-electron chi connectivity index (χ1n) is 8.90. The summed E-state index contributed by atoms with van der Waals surface area (Å²) in [5.41, 5.74) is 6.10. The highest BCUT2D eigenvalue weighted by Gasteiger charge is 2.36. The largest absolute Gasteiger partial charge is 0.465 e. The minimum atomic E-state index is -0.350. The molecule has 0 N–H and O–H groups in total. The minimum absolute atomic E-state index is 0.211. The van der Waals surface area contributed by atoms with E-state index in [9.17, 15) is 4.79 Å². The molecule has 3 rings (SSSR count). The summed E-state index contributed by atoms with van der Waals surface area (Å²) >= 11 is 0. The highest BCUT2D eigenvalue weighted by Crippen LogP contribution is 2.45. The Morgan fingerprint density at radius 3 is 2.32 bits per heavy atom. The molecule has 0 unspecified atom stereocenters. The maximum Gasteiger partial charge on any atom is 0.339 e. The van der Waals surface area contributed by atoms with Crippen LogP contribution in [0.4, 0.5) is 0 Å². The average Bonchev–Trinajstić information content (AvgIpc) is 2.59. The van der Waals surface area contributed by atoms with Crippen molar-refractivity contribution in [1.82, 2.24) is 4.98 Å². The number of aromatic nitrogens is 1. The maximum atomic E-state index is 11.5. The van der Waals surface area contributed by atoms with E-state index in [4.69, 9.17) is 4.74 Å². The van der Waals surface area contributed by atoms with Crippen LogP contribution in [-0.4, -0.2) is 18.1 Å². The van der Waals surface area contributed by atoms with Crippen molar-refractivity contribution in [3.05, 3.63) is 64.5 Å². The smallest absolute Gasteiger partial charge is 0.339 e. The van der Waals surface area contributed by atoms with Gasteiger partial charge in [-0.25, -0.2) is 4.79 Å². The van der Waals surface area contributed by atoms with Crippen molar-refractivity contribution < 1.29 is 9.53 Å². The molecule has 0 aliphatic heterocycles. The van der Waals surface area contributed by atoms with E-state index in [0.717, 1.165) is 12.1 Å². The first kappa shape index (κ1) is 17.7. The molecule has 0 saturated carbocycles. The summed E-state index contributed by atoms with van der Waals surface area (Å²) in [6, 6.07) is 10.6. The van der Waals surface area contributed by atoms with Crippen molar-refractivity contribution >= 4 is 5.97 Å². The lowest BCUT2D eigenvalue weighted by Gasteiger charge is -2.42. The van der Waals surface area contributed by atoms with Crippen molar-refractivity contribution in [1.29, 1.82) is 0 Å². The third-order valence-electron chi connectivity index (χ3n) is 5.55. The van der Waals surface area contributed by atoms with E-state index in [-0.39, 0.29) is 16.8 Å². The summed E-state index contributed by atoms with van der Waals surface area (Å²) < 4.78 is 4.72. The SMILES string of the molecule is COC(=O)c1ccc(Cc2ccc3c(c2)C(C)(C)CCC3(C)C)nc1. The molecule has 3 heteroatoms. The number of hydrogen-bond acceptors (Lipinski definition) is 3. The number of hydrogen-bond donors (Lipinski definition) is 0. The summed E-state index contributed by atoms with van der Waals surface area (Å²) in [6.07, 6.45) is 4.79. The number of methoxy groups -OCH3 is 1. The van der Waals surface area contributed by atoms with Gasteiger partial charge in [0.2, 0.25) is 0 Å². The Labute approximate surface area is 150 Å². The second-order valence-electron chi connectivity index (χ2n) is 8.35. The zero-order valence-corrected chi connectivity index (χ0v) is 15.8. The lowest BCUT2D eigenvalue weighted by molar-refractivity contribution is 0.0600. The van der Waals surface area contributed by atoms with Gasteiger partial charge in [-0.05, 0) is 52.5 Å². The first-order chi connectivity index (χ1) is 11.7. The Morgan fingerprint density at radius 1 is 1.04 bits per heavy atom. The molecule has 0 bridgehead atoms. The maximum absolute atomic E-state index is 11.5. The van der Waals surface area contributed by atoms with E-state index in [1.807, 2.05) is 6.07 Å². The summed E-state index contributed by atoms with van der Waals surface area (Å²) in [6.45, 7) is 9.37. The van der Waals surface area contributed by atoms with Crippen molar-refractivity contribution in [3.8, 4) is 0 Å². The van der Waals surface area contributed by atoms with Crippen molar-refractivity contribution in [2.75, 3.05) is 7.11 Å². The zero-order valence-electron chi connectivity index (χ0n) is 15.8. The minimum Gasteiger partial charge on any atom is -0.465 e. The molecule has 0 amide bonds. The Morgan fingerprint density at radius 2 is 1.72 bits per heavy atom. The Balaban J connectivity index is 1.88. The van der Waals surface area contributed by atoms with Crippen molar-refractivity contribution in [2.45, 2.75) is 57.8 Å². The highest BCUT2D eigenvalue weighted by molar-refractivity contribution is 5.88. The summed E-state index contributed by atoms with van der Waals surface area (Å²) in [7, 11) is 1.38. The molecule has 1 aromatic carbocycles. The van der Waals surface area contributed by atoms with E-state index in [0.29, 0.717) is 5.56 Å². The molecule has 1 heterocycles. The van der Waals surface area contributed by atoms with Crippen LogP contribution in [0.25, 0.3) is 0 Å². The van der Waals surface area contributed by atoms with Gasteiger partial charge >= 0.3 is 5.97 Å². The van der Waals surface area contributed by atoms with Crippen molar-refractivity contribution in [3.63, 3.8) is 0 Å². The fourth-order valence-corrected chi connectivity index (χ4v) is 3.72. The van der Waals surface area contributed by atoms with E-state index < -0.39 is 0 Å². The van der Waals surface area contributed by atoms with Crippen LogP contribution in [0.1, 0.15) is 73.3 Å². The van der Waals surface area contributed by atoms with Crippen LogP contribution in [0.5, 0.6) is 0 Å². The van der Waals surface area contributed by atoms with Crippen LogP contribution in [0.2, 0.25) is 0 Å². The monoisotopic (exact) mass is 337 g/mol. The predicted octanol–water partition coefficient (Wildman–Crippen LogP) is 4.81. The summed E-state index contributed by atoms with van der Waals surface area (Å²) in [5, 5.41) is 0. The van der Waals surface area contributed by atoms with Crippen LogP contribution in [0, 0.1) is 0 Å². The van der Waals surface area contributed by atoms with Gasteiger partial charge in [0.25, 0.3) is 0 Å². The third kappa shape index (κ3) is 3.46. The average molecular weight is 337 g/mol. The molecular weight excluding hydrogens is 310 g/mol. The molecular formula is C22H27NO2. The van der Waals surface area contributed by atoms with Crippen LogP contribution in [0.15, 0.2) is 36.5 Å². The number of esters is 1. The topological polar surface area (TPSA) is 39.2 Å². The van der Waals surface area contributed by atoms with Gasteiger partial charge in [-0.1, -0.05) is 45.9 Å². The molecule has 1 aliphatic rings. The Hall–Kier alpha value is -2.16. The number of ether oxygens (including phenoxy) is 1. The second kappa shape index (κ2) is 6.29. The molecule has 0 fully saturated rings. The normalized spacial score (nSPS) is 17.6. The van der Waals surface area contributed by atoms with Gasteiger partial charge in [0.1, 0.15) is 0 Å². The van der Waals surface area contributed by atoms with Gasteiger partial charge in [0.05, 0.1) is 12.7 Å². The number of nitrogens with zero attached hydrogens (tertiary/aromatic N) is 1. The molecule has 0 radical (unpaired) electrons. The Kier molecular flexibility index (Phi) is 4.44. The lowest BCUT2D eigenvalue weighted by Crippen LogP contribution is -2.33. The van der Waals surface area contributed by atoms with Crippen LogP contribution < -0.4 is 0 Å². The molecule has 132 valence electrons. The van der Waals surface area contributed by atoms with E-state index in [1.165, 1.54) is 36.6 Å². The molecule has 1 aliphatic carbocycles. The molecule has 1 aromatic heterocycles. The van der Waals surface area contributed by atoms with Gasteiger partial charge in [0.15, 0.2) is 0 Å². The molecule has 3 nitrogen and oxygen atoms in total. The lowest BCUT2D eigenvalue weighted by atomic mass is 9.63. The molecule has 2 aromatic rings. The second-order valence-corrected chi connectivity index (χ2v) is 8.35. The molecule has 0 spiro atoms. The number of carbonyl (C=O) groups excluding carboxylic acids is 1. The standard InChI is InChI=1S/C22H27NO2/c1-21(2)10-11-22(3,4)19-13-15(6-9-18(19)21)12-17-8-7-16(14-23-17)20(24)25-5/h6-9,13-14H,10-12H2,1-5H3. The van der Waals surface area contributed by atoms with Gasteiger partial charge in [-0.15, -0.1) is 0 Å². The van der Waals surface area contributed by atoms with Gasteiger partial charge < -0.3 is 4.74 Å². The van der Waals surface area contributed by atoms with Gasteiger partial charge in [-0.3, -0.25) is 4.98 Å². The zero-order chi connectivity index (χ0) is 18.2. The fraction of sp³-hybridized carbons (Fsp3) is 0.455. The third-order valence-corrected chi connectivity index (χ3v) is 5.55. The van der Waals surface area contributed by atoms with E-state index in [2.05, 4.69) is 50.9 Å². The predicted molar refractivity (Wildman–Crippen MR) is 100 cm³/mol. The number of pyridine rings is 1. The van der Waals surface area contributed by atoms with Crippen molar-refractivity contribution in [2.24, 2.45) is 0 Å². The summed E-state index contributed by atoms with van der Waals surface area (Å²) in [4.78, 5) is 15.9. The number of benzene rings is 1. The number of fused-ring (bicyclic) bond motifs is 1. The highest BCUT2D eigenvalue weighted by atomic mass is 16.5. The molecule has 25 heavy (non-hydrogen) atoms. The molecule has 0 saturated heterocycles. The molecule has 0 atom stereocenters.